The zero-order valence-electron chi connectivity index (χ0n) is 15.6. The topological polar surface area (TPSA) is 170 Å². The first kappa shape index (κ1) is 19.9. The van der Waals surface area contributed by atoms with Gasteiger partial charge in [-0.25, -0.2) is 14.2 Å². The summed E-state index contributed by atoms with van der Waals surface area (Å²) in [5, 5.41) is 35.6. The van der Waals surface area contributed by atoms with Gasteiger partial charge in [0.05, 0.1) is 30.8 Å². The van der Waals surface area contributed by atoms with Gasteiger partial charge >= 0.3 is 5.97 Å². The van der Waals surface area contributed by atoms with E-state index in [4.69, 9.17) is 16.2 Å². The van der Waals surface area contributed by atoms with E-state index in [1.807, 2.05) is 0 Å². The first-order chi connectivity index (χ1) is 13.7. The molecule has 1 aromatic carbocycles. The summed E-state index contributed by atoms with van der Waals surface area (Å²) < 4.78 is 19.4. The Morgan fingerprint density at radius 3 is 2.83 bits per heavy atom. The quantitative estimate of drug-likeness (QED) is 0.298. The third-order valence-electron chi connectivity index (χ3n) is 6.02. The number of ether oxygens (including phenoxy) is 1. The molecule has 0 aliphatic carbocycles. The first-order valence-corrected chi connectivity index (χ1v) is 9.05. The summed E-state index contributed by atoms with van der Waals surface area (Å²) in [7, 11) is 0. The predicted molar refractivity (Wildman–Crippen MR) is 96.7 cm³/mol. The number of nitrogens with two attached hydrogens (primary N) is 2. The number of aliphatic hydroxyl groups excluding tert-OH is 1. The number of hydroxylamine groups is 2. The van der Waals surface area contributed by atoms with Crippen LogP contribution in [0, 0.1) is 5.82 Å². The van der Waals surface area contributed by atoms with Crippen molar-refractivity contribution in [2.75, 3.05) is 13.2 Å². The molecule has 3 aliphatic rings. The minimum Gasteiger partial charge on any atom is -0.454 e. The number of rotatable bonds is 3. The number of nitrogens with zero attached hydrogens (tertiary/aromatic N) is 3. The molecule has 1 aromatic rings. The molecule has 0 saturated carbocycles. The number of guanidine groups is 1. The van der Waals surface area contributed by atoms with E-state index in [1.54, 1.807) is 0 Å². The second-order valence-corrected chi connectivity index (χ2v) is 7.53. The summed E-state index contributed by atoms with van der Waals surface area (Å²) in [6, 6.07) is 3.64. The molecule has 3 heterocycles. The van der Waals surface area contributed by atoms with Crippen molar-refractivity contribution in [1.82, 2.24) is 15.3 Å². The van der Waals surface area contributed by atoms with Crippen molar-refractivity contribution >= 4 is 11.9 Å². The van der Waals surface area contributed by atoms with Crippen LogP contribution in [-0.2, 0) is 4.74 Å². The number of hydrogen-bond donors (Lipinski definition) is 6. The molecule has 2 fully saturated rings. The Bertz CT molecular complexity index is 868. The highest BCUT2D eigenvalue weighted by Crippen LogP contribution is 2.49. The summed E-state index contributed by atoms with van der Waals surface area (Å²) in [5.74, 6) is -1.81. The molecule has 0 bridgehead atoms. The van der Waals surface area contributed by atoms with Crippen LogP contribution in [0.3, 0.4) is 0 Å². The van der Waals surface area contributed by atoms with Gasteiger partial charge in [-0.3, -0.25) is 5.32 Å². The zero-order valence-corrected chi connectivity index (χ0v) is 15.6. The van der Waals surface area contributed by atoms with Crippen LogP contribution in [0.4, 0.5) is 4.39 Å². The van der Waals surface area contributed by atoms with Gasteiger partial charge in [0, 0.05) is 0 Å². The maximum Gasteiger partial charge on any atom is 0.341 e. The molecule has 0 aromatic heterocycles. The number of aliphatic hydroxyl groups is 2. The zero-order chi connectivity index (χ0) is 21.1. The normalized spacial score (nSPS) is 39.1. The van der Waals surface area contributed by atoms with Crippen LogP contribution >= 0.6 is 0 Å². The molecular weight excluding hydrogens is 387 g/mol. The lowest BCUT2D eigenvalue weighted by molar-refractivity contribution is -0.266. The van der Waals surface area contributed by atoms with Gasteiger partial charge in [-0.1, -0.05) is 12.1 Å². The summed E-state index contributed by atoms with van der Waals surface area (Å²) in [5.41, 5.74) is 8.07. The number of hydrogen-bond acceptors (Lipinski definition) is 11. The van der Waals surface area contributed by atoms with E-state index in [-0.39, 0.29) is 18.1 Å². The van der Waals surface area contributed by atoms with Gasteiger partial charge in [0.2, 0.25) is 0 Å². The molecule has 8 N–H and O–H groups in total. The van der Waals surface area contributed by atoms with E-state index in [0.717, 1.165) is 6.07 Å². The van der Waals surface area contributed by atoms with Gasteiger partial charge in [-0.2, -0.15) is 0 Å². The first-order valence-electron chi connectivity index (χ1n) is 9.05. The Balaban J connectivity index is 1.74. The standard InChI is InChI=1S/C17H23FN6O5/c1-16(27)11(29-13(26)8-4-2-3-5-9(8)18)6-23-14(19)21-10(7-25)12-17(16,23)24(28)15(20)22-12/h2-5,10-12,15,22,25,27-28H,6-7,20H2,1H3,(H2,19,21)/t10?,11-,12?,15?,16-,17?/m0/s1. The number of halogens is 1. The van der Waals surface area contributed by atoms with Crippen LogP contribution in [0.5, 0.6) is 0 Å². The third kappa shape index (κ3) is 2.51. The molecular formula is C17H23FN6O5. The van der Waals surface area contributed by atoms with Gasteiger partial charge in [0.15, 0.2) is 17.7 Å². The lowest BCUT2D eigenvalue weighted by Gasteiger charge is -2.52. The fourth-order valence-electron chi connectivity index (χ4n) is 4.64. The van der Waals surface area contributed by atoms with Crippen molar-refractivity contribution in [2.45, 2.75) is 42.7 Å². The molecule has 0 radical (unpaired) electrons. The maximum atomic E-state index is 14.0. The molecule has 1 spiro atoms. The van der Waals surface area contributed by atoms with E-state index < -0.39 is 54.1 Å². The summed E-state index contributed by atoms with van der Waals surface area (Å²) in [6.07, 6.45) is -2.32. The predicted octanol–water partition coefficient (Wildman–Crippen LogP) is -2.29. The van der Waals surface area contributed by atoms with Crippen LogP contribution in [0.2, 0.25) is 0 Å². The summed E-state index contributed by atoms with van der Waals surface area (Å²) in [6.45, 7) is 0.794. The Labute approximate surface area is 165 Å². The molecule has 6 atom stereocenters. The number of carbonyl (C=O) groups excluding carboxylic acids is 1. The number of benzene rings is 1. The highest BCUT2D eigenvalue weighted by molar-refractivity contribution is 5.90. The maximum absolute atomic E-state index is 14.0. The molecule has 12 heteroatoms. The average Bonchev–Trinajstić information content (AvgIpc) is 3.08. The van der Waals surface area contributed by atoms with Crippen LogP contribution in [0.1, 0.15) is 17.3 Å². The van der Waals surface area contributed by atoms with Crippen LogP contribution in [0.15, 0.2) is 29.3 Å². The molecule has 158 valence electrons. The molecule has 11 nitrogen and oxygen atoms in total. The monoisotopic (exact) mass is 410 g/mol. The van der Waals surface area contributed by atoms with E-state index in [0.29, 0.717) is 5.06 Å². The van der Waals surface area contributed by atoms with Crippen LogP contribution < -0.4 is 16.8 Å². The Morgan fingerprint density at radius 1 is 1.48 bits per heavy atom. The van der Waals surface area contributed by atoms with Crippen molar-refractivity contribution < 1.29 is 29.3 Å². The van der Waals surface area contributed by atoms with Crippen molar-refractivity contribution in [3.63, 3.8) is 0 Å². The summed E-state index contributed by atoms with van der Waals surface area (Å²) in [4.78, 5) is 18.1. The van der Waals surface area contributed by atoms with E-state index in [1.165, 1.54) is 30.0 Å². The minimum absolute atomic E-state index is 0.0695. The molecule has 0 amide bonds. The van der Waals surface area contributed by atoms with Gasteiger partial charge in [0.25, 0.3) is 0 Å². The van der Waals surface area contributed by atoms with Gasteiger partial charge in [0.1, 0.15) is 17.7 Å². The lowest BCUT2D eigenvalue weighted by Crippen LogP contribution is -2.76. The van der Waals surface area contributed by atoms with Crippen molar-refractivity contribution in [3.8, 4) is 0 Å². The SMILES string of the molecule is C[C@]1(O)[C@@H](OC(=O)c2ccccc2F)CN2C(N)=NC(CO)C3NC(N)N(O)C321. The van der Waals surface area contributed by atoms with Crippen molar-refractivity contribution in [3.05, 3.63) is 35.6 Å². The van der Waals surface area contributed by atoms with E-state index in [2.05, 4.69) is 10.3 Å². The van der Waals surface area contributed by atoms with E-state index in [9.17, 15) is 24.6 Å². The second kappa shape index (κ2) is 6.58. The molecule has 2 saturated heterocycles. The Hall–Kier alpha value is -2.35. The lowest BCUT2D eigenvalue weighted by atomic mass is 9.79. The van der Waals surface area contributed by atoms with Gasteiger partial charge in [-0.05, 0) is 19.1 Å². The van der Waals surface area contributed by atoms with Gasteiger partial charge < -0.3 is 36.5 Å². The summed E-state index contributed by atoms with van der Waals surface area (Å²) >= 11 is 0. The van der Waals surface area contributed by atoms with Gasteiger partial charge in [-0.15, -0.1) is 5.06 Å². The Morgan fingerprint density at radius 2 is 2.17 bits per heavy atom. The number of aliphatic imine (C=N–C) groups is 1. The largest absolute Gasteiger partial charge is 0.454 e. The Kier molecular flexibility index (Phi) is 4.53. The third-order valence-corrected chi connectivity index (χ3v) is 6.02. The minimum atomic E-state index is -1.93. The average molecular weight is 410 g/mol. The molecule has 29 heavy (non-hydrogen) atoms. The number of carbonyl (C=O) groups is 1. The number of esters is 1. The highest BCUT2D eigenvalue weighted by Gasteiger charge is 2.76. The van der Waals surface area contributed by atoms with E-state index >= 15 is 0 Å². The smallest absolute Gasteiger partial charge is 0.341 e. The fraction of sp³-hybridized carbons (Fsp3) is 0.529. The fourth-order valence-corrected chi connectivity index (χ4v) is 4.64. The van der Waals surface area contributed by atoms with Crippen LogP contribution in [-0.4, -0.2) is 86.2 Å². The van der Waals surface area contributed by atoms with Crippen molar-refractivity contribution in [1.29, 1.82) is 0 Å². The van der Waals surface area contributed by atoms with Crippen molar-refractivity contribution in [2.24, 2.45) is 16.5 Å². The van der Waals surface area contributed by atoms with Crippen LogP contribution in [0.25, 0.3) is 0 Å². The number of nitrogens with one attached hydrogen (secondary N) is 1. The highest BCUT2D eigenvalue weighted by atomic mass is 19.1. The molecule has 4 rings (SSSR count). The molecule has 4 unspecified atom stereocenters. The second-order valence-electron chi connectivity index (χ2n) is 7.53. The molecule has 3 aliphatic heterocycles.